The van der Waals surface area contributed by atoms with Crippen molar-refractivity contribution in [2.75, 3.05) is 27.2 Å². The number of fused-ring (bicyclic) bond motifs is 2. The van der Waals surface area contributed by atoms with Crippen LogP contribution in [0.3, 0.4) is 0 Å². The standard InChI is InChI=1S/C29H37N5O10/c1-15-11-21-22(12-16(15)2)34(27-25(30-21)28(39)33(29(40)31-27)10-9-32(7)8)13-23(42-18(4)36)26(44-20(6)38)24(43-19(5)37)14-41-17(3)35/h11-12,23-24,26H,9-10,13-14H2,1-8H3/t23?,24?,26-/m0/s1. The third-order valence-electron chi connectivity index (χ3n) is 6.72. The van der Waals surface area contributed by atoms with E-state index >= 15 is 0 Å². The SMILES string of the molecule is CC(=O)OCC(OC(C)=O)[C@@H](OC(C)=O)C(Cn1c2nc(=O)n(CCN(C)C)c(=O)c-2nc2cc(C)c(C)cc21)OC(C)=O. The summed E-state index contributed by atoms with van der Waals surface area (Å²) in [4.78, 5) is 85.5. The first kappa shape index (κ1) is 33.8. The van der Waals surface area contributed by atoms with Gasteiger partial charge in [-0.15, -0.1) is 0 Å². The van der Waals surface area contributed by atoms with Crippen LogP contribution < -0.4 is 11.2 Å². The van der Waals surface area contributed by atoms with E-state index in [9.17, 15) is 28.8 Å². The molecule has 15 nitrogen and oxygen atoms in total. The molecule has 2 unspecified atom stereocenters. The van der Waals surface area contributed by atoms with E-state index in [-0.39, 0.29) is 24.6 Å². The summed E-state index contributed by atoms with van der Waals surface area (Å²) in [6.45, 7) is 7.82. The molecule has 1 aromatic carbocycles. The summed E-state index contributed by atoms with van der Waals surface area (Å²) in [6.07, 6.45) is -4.26. The van der Waals surface area contributed by atoms with Crippen molar-refractivity contribution in [2.24, 2.45) is 0 Å². The Kier molecular flexibility index (Phi) is 10.9. The van der Waals surface area contributed by atoms with Gasteiger partial charge in [-0.05, 0) is 51.2 Å². The molecule has 2 aliphatic rings. The maximum Gasteiger partial charge on any atom is 0.352 e. The zero-order valence-electron chi connectivity index (χ0n) is 26.0. The van der Waals surface area contributed by atoms with Crippen LogP contribution in [-0.2, 0) is 51.2 Å². The number of hydrogen-bond acceptors (Lipinski definition) is 13. The first-order chi connectivity index (χ1) is 20.6. The van der Waals surface area contributed by atoms with E-state index in [1.807, 2.05) is 18.7 Å². The molecule has 0 saturated heterocycles. The Labute approximate surface area is 253 Å². The van der Waals surface area contributed by atoms with Gasteiger partial charge in [0.2, 0.25) is 0 Å². The van der Waals surface area contributed by atoms with Crippen molar-refractivity contribution in [2.45, 2.75) is 72.9 Å². The van der Waals surface area contributed by atoms with Gasteiger partial charge in [0.25, 0.3) is 5.56 Å². The summed E-state index contributed by atoms with van der Waals surface area (Å²) in [7, 11) is 3.60. The smallest absolute Gasteiger partial charge is 0.352 e. The molecule has 2 aliphatic heterocycles. The lowest BCUT2D eigenvalue weighted by atomic mass is 10.1. The molecule has 0 amide bonds. The molecular formula is C29H37N5O10. The summed E-state index contributed by atoms with van der Waals surface area (Å²) < 4.78 is 24.0. The molecule has 1 aromatic rings. The molecule has 0 aliphatic carbocycles. The molecule has 3 rings (SSSR count). The average Bonchev–Trinajstić information content (AvgIpc) is 2.90. The summed E-state index contributed by atoms with van der Waals surface area (Å²) in [5.41, 5.74) is 0.964. The van der Waals surface area contributed by atoms with Gasteiger partial charge in [-0.25, -0.2) is 9.78 Å². The van der Waals surface area contributed by atoms with Crippen molar-refractivity contribution < 1.29 is 38.1 Å². The maximum absolute atomic E-state index is 13.6. The van der Waals surface area contributed by atoms with E-state index in [4.69, 9.17) is 18.9 Å². The molecule has 0 aromatic heterocycles. The third kappa shape index (κ3) is 8.24. The van der Waals surface area contributed by atoms with Crippen molar-refractivity contribution in [1.82, 2.24) is 24.0 Å². The van der Waals surface area contributed by atoms with Crippen LogP contribution >= 0.6 is 0 Å². The molecule has 0 N–H and O–H groups in total. The fourth-order valence-electron chi connectivity index (χ4n) is 4.60. The zero-order valence-corrected chi connectivity index (χ0v) is 26.0. The van der Waals surface area contributed by atoms with E-state index in [2.05, 4.69) is 9.97 Å². The van der Waals surface area contributed by atoms with Crippen LogP contribution in [0.1, 0.15) is 38.8 Å². The number of benzene rings is 1. The predicted molar refractivity (Wildman–Crippen MR) is 156 cm³/mol. The molecule has 0 saturated carbocycles. The lowest BCUT2D eigenvalue weighted by Crippen LogP contribution is -2.49. The highest BCUT2D eigenvalue weighted by molar-refractivity contribution is 5.81. The molecule has 0 spiro atoms. The summed E-state index contributed by atoms with van der Waals surface area (Å²) >= 11 is 0. The summed E-state index contributed by atoms with van der Waals surface area (Å²) in [5, 5.41) is 0. The fourth-order valence-corrected chi connectivity index (χ4v) is 4.60. The van der Waals surface area contributed by atoms with Crippen molar-refractivity contribution in [1.29, 1.82) is 0 Å². The number of ether oxygens (including phenoxy) is 4. The normalized spacial score (nSPS) is 13.4. The van der Waals surface area contributed by atoms with Crippen LogP contribution in [-0.4, -0.2) is 93.4 Å². The maximum atomic E-state index is 13.6. The van der Waals surface area contributed by atoms with E-state index in [0.717, 1.165) is 43.4 Å². The van der Waals surface area contributed by atoms with Gasteiger partial charge in [-0.1, -0.05) is 0 Å². The van der Waals surface area contributed by atoms with Crippen LogP contribution in [0.15, 0.2) is 21.7 Å². The number of carbonyl (C=O) groups is 4. The number of aryl methyl sites for hydroxylation is 2. The molecule has 44 heavy (non-hydrogen) atoms. The highest BCUT2D eigenvalue weighted by atomic mass is 16.6. The summed E-state index contributed by atoms with van der Waals surface area (Å²) in [5.74, 6) is -3.16. The minimum Gasteiger partial charge on any atom is -0.462 e. The van der Waals surface area contributed by atoms with E-state index in [1.165, 1.54) is 4.57 Å². The van der Waals surface area contributed by atoms with Gasteiger partial charge in [-0.3, -0.25) is 28.5 Å². The van der Waals surface area contributed by atoms with Gasteiger partial charge in [0.15, 0.2) is 29.8 Å². The number of esters is 4. The predicted octanol–water partition coefficient (Wildman–Crippen LogP) is 0.595. The molecule has 0 fully saturated rings. The minimum atomic E-state index is -1.48. The second-order valence-electron chi connectivity index (χ2n) is 10.6. The van der Waals surface area contributed by atoms with Gasteiger partial charge in [0.1, 0.15) is 6.61 Å². The highest BCUT2D eigenvalue weighted by Gasteiger charge is 2.39. The Morgan fingerprint density at radius 2 is 1.41 bits per heavy atom. The molecule has 15 heteroatoms. The van der Waals surface area contributed by atoms with Crippen LogP contribution in [0, 0.1) is 13.8 Å². The van der Waals surface area contributed by atoms with Crippen LogP contribution in [0.25, 0.3) is 22.6 Å². The number of likely N-dealkylation sites (N-methyl/N-ethyl adjacent to an activating group) is 1. The average molecular weight is 616 g/mol. The number of carbonyl (C=O) groups excluding carboxylic acids is 4. The lowest BCUT2D eigenvalue weighted by Gasteiger charge is -2.32. The first-order valence-electron chi connectivity index (χ1n) is 13.8. The third-order valence-corrected chi connectivity index (χ3v) is 6.72. The number of rotatable bonds is 12. The van der Waals surface area contributed by atoms with Crippen LogP contribution in [0.4, 0.5) is 0 Å². The number of nitrogens with zero attached hydrogens (tertiary/aromatic N) is 5. The second-order valence-corrected chi connectivity index (χ2v) is 10.6. The zero-order chi connectivity index (χ0) is 32.9. The second kappa shape index (κ2) is 14.2. The number of aromatic nitrogens is 4. The molecule has 2 heterocycles. The van der Waals surface area contributed by atoms with Crippen molar-refractivity contribution in [3.8, 4) is 11.5 Å². The first-order valence-corrected chi connectivity index (χ1v) is 13.8. The van der Waals surface area contributed by atoms with Crippen molar-refractivity contribution >= 4 is 34.9 Å². The summed E-state index contributed by atoms with van der Waals surface area (Å²) in [6, 6.07) is 3.54. The van der Waals surface area contributed by atoms with E-state index in [1.54, 1.807) is 26.2 Å². The minimum absolute atomic E-state index is 0.0745. The Bertz CT molecular complexity index is 1660. The van der Waals surface area contributed by atoms with Crippen LogP contribution in [0.2, 0.25) is 0 Å². The van der Waals surface area contributed by atoms with E-state index < -0.39 is 60.0 Å². The molecule has 3 atom stereocenters. The van der Waals surface area contributed by atoms with Gasteiger partial charge in [0.05, 0.1) is 17.6 Å². The molecule has 0 bridgehead atoms. The Hall–Kier alpha value is -4.66. The number of hydrogen-bond donors (Lipinski definition) is 0. The largest absolute Gasteiger partial charge is 0.462 e. The van der Waals surface area contributed by atoms with Gasteiger partial charge in [-0.2, -0.15) is 4.98 Å². The van der Waals surface area contributed by atoms with Crippen molar-refractivity contribution in [3.05, 3.63) is 44.1 Å². The highest BCUT2D eigenvalue weighted by Crippen LogP contribution is 2.26. The molecule has 0 radical (unpaired) electrons. The van der Waals surface area contributed by atoms with E-state index in [0.29, 0.717) is 17.6 Å². The monoisotopic (exact) mass is 615 g/mol. The van der Waals surface area contributed by atoms with Gasteiger partial charge >= 0.3 is 29.6 Å². The molecular weight excluding hydrogens is 578 g/mol. The quantitative estimate of drug-likeness (QED) is 0.157. The Morgan fingerprint density at radius 3 is 1.98 bits per heavy atom. The molecule has 238 valence electrons. The van der Waals surface area contributed by atoms with Gasteiger partial charge in [0, 0.05) is 40.8 Å². The topological polar surface area (TPSA) is 178 Å². The Balaban J connectivity index is 2.32. The fraction of sp³-hybridized carbons (Fsp3) is 0.517. The van der Waals surface area contributed by atoms with Crippen molar-refractivity contribution in [3.63, 3.8) is 0 Å². The van der Waals surface area contributed by atoms with Crippen LogP contribution in [0.5, 0.6) is 0 Å². The Morgan fingerprint density at radius 1 is 0.818 bits per heavy atom. The lowest BCUT2D eigenvalue weighted by molar-refractivity contribution is -0.190. The van der Waals surface area contributed by atoms with Gasteiger partial charge < -0.3 is 28.4 Å².